The van der Waals surface area contributed by atoms with Gasteiger partial charge in [-0.05, 0) is 19.3 Å². The summed E-state index contributed by atoms with van der Waals surface area (Å²) in [6, 6.07) is 0. The lowest BCUT2D eigenvalue weighted by Crippen LogP contribution is -2.45. The van der Waals surface area contributed by atoms with E-state index >= 15 is 0 Å². The first kappa shape index (κ1) is 13.8. The van der Waals surface area contributed by atoms with Crippen molar-refractivity contribution in [3.63, 3.8) is 0 Å². The molecular weight excluding hydrogens is 232 g/mol. The second-order valence-corrected chi connectivity index (χ2v) is 5.50. The molecule has 0 atom stereocenters. The number of carboxylic acid groups (broad SMARTS) is 1. The molecule has 0 bridgehead atoms. The molecule has 1 saturated heterocycles. The van der Waals surface area contributed by atoms with Gasteiger partial charge in [0.1, 0.15) is 5.41 Å². The van der Waals surface area contributed by atoms with E-state index in [1.807, 2.05) is 0 Å². The maximum absolute atomic E-state index is 11.5. The Labute approximate surface area is 109 Å². The maximum Gasteiger partial charge on any atom is 0.315 e. The molecule has 1 aliphatic heterocycles. The quantitative estimate of drug-likeness (QED) is 0.678. The highest BCUT2D eigenvalue weighted by Gasteiger charge is 2.68. The van der Waals surface area contributed by atoms with Crippen LogP contribution < -0.4 is 0 Å². The Balaban J connectivity index is 1.90. The van der Waals surface area contributed by atoms with E-state index in [0.717, 1.165) is 19.3 Å². The number of hydrogen-bond donors (Lipinski definition) is 1. The zero-order chi connectivity index (χ0) is 13.1. The van der Waals surface area contributed by atoms with Crippen molar-refractivity contribution in [1.82, 2.24) is 0 Å². The largest absolute Gasteiger partial charge is 0.481 e. The first-order chi connectivity index (χ1) is 8.67. The lowest BCUT2D eigenvalue weighted by molar-refractivity contribution is -0.219. The SMILES string of the molecule is CCCCCCCC1(C2(C(=O)O)CC2)OCCO1. The lowest BCUT2D eigenvalue weighted by atomic mass is 9.90. The van der Waals surface area contributed by atoms with Crippen molar-refractivity contribution in [3.05, 3.63) is 0 Å². The van der Waals surface area contributed by atoms with Crippen LogP contribution >= 0.6 is 0 Å². The highest BCUT2D eigenvalue weighted by molar-refractivity contribution is 5.79. The Kier molecular flexibility index (Phi) is 4.28. The van der Waals surface area contributed by atoms with Gasteiger partial charge in [-0.15, -0.1) is 0 Å². The second-order valence-electron chi connectivity index (χ2n) is 5.50. The highest BCUT2D eigenvalue weighted by atomic mass is 16.7. The summed E-state index contributed by atoms with van der Waals surface area (Å²) in [7, 11) is 0. The molecule has 0 radical (unpaired) electrons. The summed E-state index contributed by atoms with van der Waals surface area (Å²) >= 11 is 0. The van der Waals surface area contributed by atoms with Gasteiger partial charge in [-0.2, -0.15) is 0 Å². The number of carboxylic acids is 1. The third-order valence-corrected chi connectivity index (χ3v) is 4.25. The number of aliphatic carboxylic acids is 1. The summed E-state index contributed by atoms with van der Waals surface area (Å²) in [4.78, 5) is 11.5. The average Bonchev–Trinajstić information content (AvgIpc) is 3.05. The van der Waals surface area contributed by atoms with Crippen LogP contribution in [0.2, 0.25) is 0 Å². The average molecular weight is 256 g/mol. The molecule has 0 aromatic rings. The van der Waals surface area contributed by atoms with Crippen molar-refractivity contribution in [2.24, 2.45) is 5.41 Å². The van der Waals surface area contributed by atoms with Gasteiger partial charge in [-0.1, -0.05) is 32.6 Å². The fourth-order valence-corrected chi connectivity index (χ4v) is 2.96. The minimum absolute atomic E-state index is 0.532. The Morgan fingerprint density at radius 3 is 2.22 bits per heavy atom. The molecule has 2 rings (SSSR count). The summed E-state index contributed by atoms with van der Waals surface area (Å²) in [5.74, 6) is -1.58. The predicted octanol–water partition coefficient (Wildman–Crippen LogP) is 2.95. The van der Waals surface area contributed by atoms with Gasteiger partial charge in [-0.25, -0.2) is 0 Å². The fourth-order valence-electron chi connectivity index (χ4n) is 2.96. The number of carbonyl (C=O) groups is 1. The van der Waals surface area contributed by atoms with Gasteiger partial charge in [0.25, 0.3) is 0 Å². The number of hydrogen-bond acceptors (Lipinski definition) is 3. The van der Waals surface area contributed by atoms with Crippen molar-refractivity contribution in [2.45, 2.75) is 64.1 Å². The Hall–Kier alpha value is -0.610. The van der Waals surface area contributed by atoms with Crippen LogP contribution in [0.3, 0.4) is 0 Å². The molecule has 1 N–H and O–H groups in total. The topological polar surface area (TPSA) is 55.8 Å². The van der Waals surface area contributed by atoms with Gasteiger partial charge in [-0.3, -0.25) is 4.79 Å². The van der Waals surface area contributed by atoms with Crippen LogP contribution in [0.5, 0.6) is 0 Å². The normalized spacial score (nSPS) is 24.1. The molecule has 0 unspecified atom stereocenters. The number of unbranched alkanes of at least 4 members (excludes halogenated alkanes) is 4. The van der Waals surface area contributed by atoms with Gasteiger partial charge in [0.05, 0.1) is 13.2 Å². The van der Waals surface area contributed by atoms with Gasteiger partial charge in [0.15, 0.2) is 5.79 Å². The lowest BCUT2D eigenvalue weighted by Gasteiger charge is -2.33. The van der Waals surface area contributed by atoms with Crippen LogP contribution in [0.1, 0.15) is 58.3 Å². The molecule has 1 saturated carbocycles. The summed E-state index contributed by atoms with van der Waals surface area (Å²) in [6.45, 7) is 3.25. The van der Waals surface area contributed by atoms with Crippen LogP contribution in [-0.2, 0) is 14.3 Å². The first-order valence-electron chi connectivity index (χ1n) is 7.18. The molecule has 104 valence electrons. The molecule has 2 aliphatic rings. The number of ether oxygens (including phenoxy) is 2. The molecule has 18 heavy (non-hydrogen) atoms. The summed E-state index contributed by atoms with van der Waals surface area (Å²) in [6.07, 6.45) is 7.92. The number of rotatable bonds is 8. The van der Waals surface area contributed by atoms with E-state index in [0.29, 0.717) is 26.1 Å². The van der Waals surface area contributed by atoms with Crippen LogP contribution in [-0.4, -0.2) is 30.1 Å². The van der Waals surface area contributed by atoms with Gasteiger partial charge in [0, 0.05) is 6.42 Å². The maximum atomic E-state index is 11.5. The summed E-state index contributed by atoms with van der Waals surface area (Å²) in [5, 5.41) is 9.41. The molecule has 0 aromatic heterocycles. The minimum atomic E-state index is -0.828. The van der Waals surface area contributed by atoms with Gasteiger partial charge < -0.3 is 14.6 Å². The summed E-state index contributed by atoms with van der Waals surface area (Å²) in [5.41, 5.74) is -0.756. The van der Waals surface area contributed by atoms with Crippen molar-refractivity contribution in [2.75, 3.05) is 13.2 Å². The van der Waals surface area contributed by atoms with Crippen molar-refractivity contribution in [1.29, 1.82) is 0 Å². The van der Waals surface area contributed by atoms with E-state index in [2.05, 4.69) is 6.92 Å². The predicted molar refractivity (Wildman–Crippen MR) is 67.3 cm³/mol. The Morgan fingerprint density at radius 1 is 1.11 bits per heavy atom. The third-order valence-electron chi connectivity index (χ3n) is 4.25. The van der Waals surface area contributed by atoms with Crippen molar-refractivity contribution in [3.8, 4) is 0 Å². The van der Waals surface area contributed by atoms with E-state index in [4.69, 9.17) is 9.47 Å². The molecule has 0 amide bonds. The highest BCUT2D eigenvalue weighted by Crippen LogP contribution is 2.59. The molecule has 4 heteroatoms. The van der Waals surface area contributed by atoms with Crippen LogP contribution in [0.4, 0.5) is 0 Å². The standard InChI is InChI=1S/C14H24O4/c1-2-3-4-5-6-7-14(17-10-11-18-14)13(8-9-13)12(15)16/h2-11H2,1H3,(H,15,16). The van der Waals surface area contributed by atoms with E-state index < -0.39 is 17.2 Å². The first-order valence-corrected chi connectivity index (χ1v) is 7.18. The van der Waals surface area contributed by atoms with Gasteiger partial charge >= 0.3 is 5.97 Å². The Bertz CT molecular complexity index is 290. The molecule has 0 aromatic carbocycles. The minimum Gasteiger partial charge on any atom is -0.481 e. The third kappa shape index (κ3) is 2.41. The van der Waals surface area contributed by atoms with Crippen LogP contribution in [0.25, 0.3) is 0 Å². The fraction of sp³-hybridized carbons (Fsp3) is 0.929. The van der Waals surface area contributed by atoms with E-state index in [1.165, 1.54) is 19.3 Å². The molecule has 1 heterocycles. The summed E-state index contributed by atoms with van der Waals surface area (Å²) < 4.78 is 11.5. The van der Waals surface area contributed by atoms with Crippen LogP contribution in [0.15, 0.2) is 0 Å². The smallest absolute Gasteiger partial charge is 0.315 e. The molecule has 2 fully saturated rings. The zero-order valence-electron chi connectivity index (χ0n) is 11.2. The molecule has 0 spiro atoms. The second kappa shape index (κ2) is 5.57. The molecule has 4 nitrogen and oxygen atoms in total. The van der Waals surface area contributed by atoms with Crippen molar-refractivity contribution >= 4 is 5.97 Å². The van der Waals surface area contributed by atoms with Crippen molar-refractivity contribution < 1.29 is 19.4 Å². The monoisotopic (exact) mass is 256 g/mol. The molecule has 1 aliphatic carbocycles. The molecular formula is C14H24O4. The Morgan fingerprint density at radius 2 is 1.72 bits per heavy atom. The van der Waals surface area contributed by atoms with Crippen LogP contribution in [0, 0.1) is 5.41 Å². The van der Waals surface area contributed by atoms with E-state index in [1.54, 1.807) is 0 Å². The van der Waals surface area contributed by atoms with E-state index in [-0.39, 0.29) is 0 Å². The van der Waals surface area contributed by atoms with E-state index in [9.17, 15) is 9.90 Å². The zero-order valence-corrected chi connectivity index (χ0v) is 11.2. The van der Waals surface area contributed by atoms with Gasteiger partial charge in [0.2, 0.25) is 0 Å².